The first-order valence-corrected chi connectivity index (χ1v) is 21.9. The summed E-state index contributed by atoms with van der Waals surface area (Å²) in [6.07, 6.45) is 10.9. The predicted octanol–water partition coefficient (Wildman–Crippen LogP) is 7.55. The molecule has 3 aromatic carbocycles. The van der Waals surface area contributed by atoms with Crippen LogP contribution in [0.5, 0.6) is 0 Å². The molecule has 0 spiro atoms. The molecule has 3 aromatic rings. The van der Waals surface area contributed by atoms with E-state index >= 15 is 0 Å². The number of hydrogen-bond acceptors (Lipinski definition) is 15. The van der Waals surface area contributed by atoms with Crippen LogP contribution in [0, 0.1) is 13.8 Å². The van der Waals surface area contributed by atoms with E-state index in [1.165, 1.54) is 63.1 Å². The fraction of sp³-hybridized carbons (Fsp3) is 0.100. The summed E-state index contributed by atoms with van der Waals surface area (Å²) in [6.45, 7) is 8.37. The van der Waals surface area contributed by atoms with E-state index in [0.29, 0.717) is 37.4 Å². The van der Waals surface area contributed by atoms with E-state index in [-0.39, 0.29) is 50.2 Å². The Kier molecular flexibility index (Phi) is 14.9. The number of halogens is 2. The van der Waals surface area contributed by atoms with Gasteiger partial charge in [-0.3, -0.25) is 43.2 Å². The van der Waals surface area contributed by atoms with Gasteiger partial charge in [-0.05, 0) is 115 Å². The van der Waals surface area contributed by atoms with E-state index in [0.717, 1.165) is 17.3 Å². The van der Waals surface area contributed by atoms with Crippen molar-refractivity contribution in [2.24, 2.45) is 5.73 Å². The van der Waals surface area contributed by atoms with Gasteiger partial charge < -0.3 is 32.3 Å². The number of anilines is 5. The molecule has 0 amide bonds. The van der Waals surface area contributed by atoms with Crippen LogP contribution in [0.15, 0.2) is 169 Å². The van der Waals surface area contributed by atoms with Crippen molar-refractivity contribution in [1.29, 1.82) is 0 Å². The lowest BCUT2D eigenvalue weighted by Crippen LogP contribution is -2.32. The maximum Gasteiger partial charge on any atom is 0.203 e. The van der Waals surface area contributed by atoms with Crippen LogP contribution in [-0.4, -0.2) is 52.0 Å². The molecule has 0 atom stereocenters. The van der Waals surface area contributed by atoms with Crippen molar-refractivity contribution < 1.29 is 43.2 Å². The molecule has 0 saturated heterocycles. The average molecular weight is 1030 g/mol. The summed E-state index contributed by atoms with van der Waals surface area (Å²) in [5.41, 5.74) is 7.52. The molecule has 0 aromatic heterocycles. The first kappa shape index (κ1) is 48.6. The zero-order chi connectivity index (χ0) is 48.9. The first-order chi connectivity index (χ1) is 31.9. The highest BCUT2D eigenvalue weighted by molar-refractivity contribution is 9.11. The summed E-state index contributed by atoms with van der Waals surface area (Å²) in [5.74, 6) is -6.94. The van der Waals surface area contributed by atoms with Crippen molar-refractivity contribution in [3.05, 3.63) is 180 Å². The number of carbonyl (C=O) groups excluding carboxylic acids is 9. The lowest BCUT2D eigenvalue weighted by molar-refractivity contribution is -0.126. The van der Waals surface area contributed by atoms with Gasteiger partial charge in [0.15, 0.2) is 0 Å². The standard InChI is InChI=1S/C50H40Br2N6O9/c1-6-28-42(59)31(18-53)48(65)34(43(28)60)22-57-40-16-38(52)41(17-37(40)51)58-23-36-47(64)30(8-3)45(62)33(50(36)67)20-55-27-12-10-26(11-13-27)54-19-32-44(61)29(7-2)46(63)35(49(32)66)21-56-39-14-9-24(4)15-25(39)5/h6-23,54-58H,53H2,1-5H3/b28-6-,29-7-,30-8+,31-18+,32-19+,33-20-,34-22-,35-21-,36-23+. The third-order valence-electron chi connectivity index (χ3n) is 10.6. The zero-order valence-electron chi connectivity index (χ0n) is 36.4. The monoisotopic (exact) mass is 1030 g/mol. The minimum absolute atomic E-state index is 0.143. The second-order valence-electron chi connectivity index (χ2n) is 14.9. The van der Waals surface area contributed by atoms with Crippen LogP contribution in [0.4, 0.5) is 28.4 Å². The van der Waals surface area contributed by atoms with Crippen molar-refractivity contribution in [3.8, 4) is 0 Å². The highest BCUT2D eigenvalue weighted by atomic mass is 79.9. The number of aryl methyl sites for hydroxylation is 2. The Morgan fingerprint density at radius 1 is 0.388 bits per heavy atom. The molecule has 338 valence electrons. The molecular formula is C50H40Br2N6O9. The van der Waals surface area contributed by atoms with Gasteiger partial charge in [0, 0.05) is 63.2 Å². The Bertz CT molecular complexity index is 3030. The lowest BCUT2D eigenvalue weighted by Gasteiger charge is -2.18. The fourth-order valence-electron chi connectivity index (χ4n) is 6.99. The SMILES string of the molecule is C/C=C1\C(=O)/C(=C/Nc2cc(Br)c(N/C=C3/C(=O)/C(=C\Nc4ccc(N/C=C5\C(=O)/C(=C/C)C(=O)/C(=C/Nc6ccc(C)cc6C)C5=O)cc4)C(=O)/C(=C\C)C3=O)cc2Br)C(=O)/C(=C/N)C1=O. The van der Waals surface area contributed by atoms with Crippen LogP contribution in [-0.2, 0) is 43.2 Å². The van der Waals surface area contributed by atoms with Crippen LogP contribution in [0.3, 0.4) is 0 Å². The largest absolute Gasteiger partial charge is 0.404 e. The van der Waals surface area contributed by atoms with Gasteiger partial charge in [0.2, 0.25) is 52.0 Å². The van der Waals surface area contributed by atoms with Crippen molar-refractivity contribution in [3.63, 3.8) is 0 Å². The van der Waals surface area contributed by atoms with Gasteiger partial charge in [0.05, 0.1) is 61.5 Å². The lowest BCUT2D eigenvalue weighted by atomic mass is 9.83. The Labute approximate surface area is 400 Å². The van der Waals surface area contributed by atoms with Crippen LogP contribution < -0.4 is 32.3 Å². The van der Waals surface area contributed by atoms with E-state index in [4.69, 9.17) is 5.73 Å². The van der Waals surface area contributed by atoms with Crippen LogP contribution in [0.25, 0.3) is 0 Å². The summed E-state index contributed by atoms with van der Waals surface area (Å²) >= 11 is 6.87. The fourth-order valence-corrected chi connectivity index (χ4v) is 7.91. The highest BCUT2D eigenvalue weighted by Gasteiger charge is 2.40. The van der Waals surface area contributed by atoms with Gasteiger partial charge in [0.1, 0.15) is 0 Å². The number of hydrogen-bond donors (Lipinski definition) is 6. The average Bonchev–Trinajstić information content (AvgIpc) is 3.29. The van der Waals surface area contributed by atoms with Gasteiger partial charge >= 0.3 is 0 Å². The molecule has 7 N–H and O–H groups in total. The summed E-state index contributed by atoms with van der Waals surface area (Å²) in [6, 6.07) is 15.2. The minimum atomic E-state index is -0.851. The van der Waals surface area contributed by atoms with Gasteiger partial charge in [0.25, 0.3) is 0 Å². The molecular weight excluding hydrogens is 988 g/mol. The van der Waals surface area contributed by atoms with Gasteiger partial charge in [-0.1, -0.05) is 35.9 Å². The predicted molar refractivity (Wildman–Crippen MR) is 261 cm³/mol. The molecule has 0 radical (unpaired) electrons. The second-order valence-corrected chi connectivity index (χ2v) is 16.6. The third kappa shape index (κ3) is 9.88. The third-order valence-corrected chi connectivity index (χ3v) is 12.0. The Balaban J connectivity index is 1.16. The Morgan fingerprint density at radius 3 is 1.01 bits per heavy atom. The molecule has 6 rings (SSSR count). The summed E-state index contributed by atoms with van der Waals surface area (Å²) in [4.78, 5) is 118. The van der Waals surface area contributed by atoms with Crippen LogP contribution in [0.1, 0.15) is 31.9 Å². The van der Waals surface area contributed by atoms with E-state index in [9.17, 15) is 43.2 Å². The van der Waals surface area contributed by atoms with E-state index in [2.05, 4.69) is 58.4 Å². The first-order valence-electron chi connectivity index (χ1n) is 20.3. The molecule has 0 unspecified atom stereocenters. The van der Waals surface area contributed by atoms with Gasteiger partial charge in [-0.15, -0.1) is 0 Å². The summed E-state index contributed by atoms with van der Waals surface area (Å²) < 4.78 is 0.844. The van der Waals surface area contributed by atoms with Crippen molar-refractivity contribution in [2.45, 2.75) is 34.6 Å². The number of Topliss-reactive ketones (excluding diaryl/α,β-unsaturated/α-hetero) is 9. The molecule has 0 heterocycles. The van der Waals surface area contributed by atoms with Crippen molar-refractivity contribution in [1.82, 2.24) is 0 Å². The molecule has 3 saturated carbocycles. The van der Waals surface area contributed by atoms with Crippen LogP contribution in [0.2, 0.25) is 0 Å². The summed E-state index contributed by atoms with van der Waals surface area (Å²) in [5, 5.41) is 14.7. The topological polar surface area (TPSA) is 240 Å². The van der Waals surface area contributed by atoms with Crippen molar-refractivity contribution in [2.75, 3.05) is 26.6 Å². The van der Waals surface area contributed by atoms with E-state index in [1.807, 2.05) is 32.0 Å². The smallest absolute Gasteiger partial charge is 0.203 e. The number of ketones is 9. The minimum Gasteiger partial charge on any atom is -0.404 e. The van der Waals surface area contributed by atoms with Crippen LogP contribution >= 0.6 is 31.9 Å². The van der Waals surface area contributed by atoms with E-state index < -0.39 is 52.0 Å². The summed E-state index contributed by atoms with van der Waals surface area (Å²) in [7, 11) is 0. The Hall–Kier alpha value is -7.89. The number of benzene rings is 3. The molecule has 0 aliphatic heterocycles. The quantitative estimate of drug-likeness (QED) is 0.0849. The number of allylic oxidation sites excluding steroid dienone is 12. The molecule has 67 heavy (non-hydrogen) atoms. The number of carbonyl (C=O) groups is 9. The van der Waals surface area contributed by atoms with Gasteiger partial charge in [-0.25, -0.2) is 0 Å². The van der Waals surface area contributed by atoms with E-state index in [1.54, 1.807) is 43.3 Å². The molecule has 15 nitrogen and oxygen atoms in total. The van der Waals surface area contributed by atoms with Crippen molar-refractivity contribution >= 4 is 112 Å². The molecule has 3 fully saturated rings. The molecule has 17 heteroatoms. The number of nitrogens with two attached hydrogens (primary N) is 1. The number of rotatable bonds is 10. The molecule has 0 bridgehead atoms. The molecule has 3 aliphatic rings. The normalized spacial score (nSPS) is 21.4. The maximum absolute atomic E-state index is 13.7. The zero-order valence-corrected chi connectivity index (χ0v) is 39.6. The maximum atomic E-state index is 13.7. The molecule has 3 aliphatic carbocycles. The van der Waals surface area contributed by atoms with Gasteiger partial charge in [-0.2, -0.15) is 0 Å². The highest BCUT2D eigenvalue weighted by Crippen LogP contribution is 2.35. The Morgan fingerprint density at radius 2 is 0.687 bits per heavy atom. The number of nitrogens with one attached hydrogen (secondary N) is 5. The second kappa shape index (κ2) is 20.5.